The predicted molar refractivity (Wildman–Crippen MR) is 125 cm³/mol. The van der Waals surface area contributed by atoms with E-state index in [-0.39, 0.29) is 40.9 Å². The van der Waals surface area contributed by atoms with Gasteiger partial charge in [0.25, 0.3) is 5.91 Å². The van der Waals surface area contributed by atoms with E-state index < -0.39 is 6.04 Å². The van der Waals surface area contributed by atoms with Crippen molar-refractivity contribution in [1.29, 1.82) is 0 Å². The first-order chi connectivity index (χ1) is 15.1. The lowest BCUT2D eigenvalue weighted by molar-refractivity contribution is -0.140. The number of hydrogen-bond acceptors (Lipinski definition) is 5. The molecule has 2 heterocycles. The third-order valence-electron chi connectivity index (χ3n) is 7.90. The van der Waals surface area contributed by atoms with E-state index in [0.717, 1.165) is 17.6 Å². The smallest absolute Gasteiger partial charge is 0.257 e. The predicted octanol–water partition coefficient (Wildman–Crippen LogP) is 2.92. The van der Waals surface area contributed by atoms with Crippen LogP contribution in [0.1, 0.15) is 34.1 Å². The van der Waals surface area contributed by atoms with Crippen molar-refractivity contribution in [3.63, 3.8) is 0 Å². The van der Waals surface area contributed by atoms with Gasteiger partial charge in [-0.15, -0.1) is 0 Å². The molecule has 1 aromatic carbocycles. The molecule has 8 heteroatoms. The van der Waals surface area contributed by atoms with Crippen molar-refractivity contribution in [3.8, 4) is 0 Å². The standard InChI is InChI=1S/C24H32BrN3O4/c1-23(2)20(24(23,3)4)22(31)27(10-9-26-11-13-32-14-12-26)18-15-19(29)28(21(18)30)17-7-5-16(25)6-8-17/h5-8,18,20H,9-15H2,1-4H3. The van der Waals surface area contributed by atoms with Gasteiger partial charge >= 0.3 is 0 Å². The van der Waals surface area contributed by atoms with Crippen LogP contribution in [0.5, 0.6) is 0 Å². The fraction of sp³-hybridized carbons (Fsp3) is 0.625. The summed E-state index contributed by atoms with van der Waals surface area (Å²) < 4.78 is 6.30. The molecule has 32 heavy (non-hydrogen) atoms. The Hall–Kier alpha value is -1.77. The molecule has 1 saturated carbocycles. The van der Waals surface area contributed by atoms with Gasteiger partial charge in [-0.25, -0.2) is 4.90 Å². The van der Waals surface area contributed by atoms with E-state index >= 15 is 0 Å². The Morgan fingerprint density at radius 2 is 1.69 bits per heavy atom. The van der Waals surface area contributed by atoms with Gasteiger partial charge in [-0.2, -0.15) is 0 Å². The molecular formula is C24H32BrN3O4. The molecule has 174 valence electrons. The molecule has 3 fully saturated rings. The van der Waals surface area contributed by atoms with Crippen LogP contribution in [0.2, 0.25) is 0 Å². The van der Waals surface area contributed by atoms with Gasteiger partial charge in [0.1, 0.15) is 6.04 Å². The number of benzene rings is 1. The number of carbonyl (C=O) groups is 3. The van der Waals surface area contributed by atoms with E-state index in [9.17, 15) is 14.4 Å². The lowest BCUT2D eigenvalue weighted by atomic mass is 10.0. The second-order valence-electron chi connectivity index (χ2n) is 10.1. The number of nitrogens with zero attached hydrogens (tertiary/aromatic N) is 3. The van der Waals surface area contributed by atoms with Crippen molar-refractivity contribution in [2.24, 2.45) is 16.7 Å². The van der Waals surface area contributed by atoms with E-state index in [4.69, 9.17) is 4.74 Å². The monoisotopic (exact) mass is 505 g/mol. The van der Waals surface area contributed by atoms with Gasteiger partial charge in [0, 0.05) is 36.6 Å². The third kappa shape index (κ3) is 4.01. The molecule has 2 saturated heterocycles. The van der Waals surface area contributed by atoms with Crippen LogP contribution in [0.25, 0.3) is 0 Å². The summed E-state index contributed by atoms with van der Waals surface area (Å²) in [6.45, 7) is 12.5. The summed E-state index contributed by atoms with van der Waals surface area (Å²) in [5.41, 5.74) is 0.259. The van der Waals surface area contributed by atoms with E-state index in [1.807, 2.05) is 0 Å². The second kappa shape index (κ2) is 8.54. The van der Waals surface area contributed by atoms with Gasteiger partial charge in [-0.3, -0.25) is 19.3 Å². The maximum Gasteiger partial charge on any atom is 0.257 e. The second-order valence-corrected chi connectivity index (χ2v) is 11.0. The van der Waals surface area contributed by atoms with Gasteiger partial charge in [0.15, 0.2) is 0 Å². The number of rotatable bonds is 6. The van der Waals surface area contributed by atoms with Crippen molar-refractivity contribution in [2.75, 3.05) is 44.3 Å². The Labute approximate surface area is 198 Å². The van der Waals surface area contributed by atoms with Crippen molar-refractivity contribution in [1.82, 2.24) is 9.80 Å². The first-order valence-corrected chi connectivity index (χ1v) is 12.1. The number of ether oxygens (including phenoxy) is 1. The molecule has 0 spiro atoms. The highest BCUT2D eigenvalue weighted by atomic mass is 79.9. The highest BCUT2D eigenvalue weighted by Crippen LogP contribution is 2.69. The van der Waals surface area contributed by atoms with Crippen LogP contribution in [-0.2, 0) is 19.1 Å². The summed E-state index contributed by atoms with van der Waals surface area (Å²) >= 11 is 3.39. The maximum absolute atomic E-state index is 13.7. The molecule has 1 atom stereocenters. The Balaban J connectivity index is 1.57. The Morgan fingerprint density at radius 3 is 2.25 bits per heavy atom. The summed E-state index contributed by atoms with van der Waals surface area (Å²) in [5, 5.41) is 0. The highest BCUT2D eigenvalue weighted by molar-refractivity contribution is 9.10. The van der Waals surface area contributed by atoms with Gasteiger partial charge in [0.05, 0.1) is 25.3 Å². The number of hydrogen-bond donors (Lipinski definition) is 0. The van der Waals surface area contributed by atoms with E-state index in [2.05, 4.69) is 48.5 Å². The first-order valence-electron chi connectivity index (χ1n) is 11.3. The molecule has 7 nitrogen and oxygen atoms in total. The van der Waals surface area contributed by atoms with Crippen LogP contribution in [0.4, 0.5) is 5.69 Å². The zero-order valence-electron chi connectivity index (χ0n) is 19.3. The first kappa shape index (κ1) is 23.4. The number of amides is 3. The van der Waals surface area contributed by atoms with Crippen molar-refractivity contribution in [2.45, 2.75) is 40.2 Å². The van der Waals surface area contributed by atoms with Crippen LogP contribution in [0.3, 0.4) is 0 Å². The Morgan fingerprint density at radius 1 is 1.09 bits per heavy atom. The zero-order chi connectivity index (χ0) is 23.3. The van der Waals surface area contributed by atoms with Crippen LogP contribution in [0.15, 0.2) is 28.7 Å². The molecule has 1 unspecified atom stereocenters. The molecule has 0 radical (unpaired) electrons. The fourth-order valence-corrected chi connectivity index (χ4v) is 5.46. The lowest BCUT2D eigenvalue weighted by Gasteiger charge is -2.33. The number of carbonyl (C=O) groups excluding carboxylic acids is 3. The minimum Gasteiger partial charge on any atom is -0.379 e. The van der Waals surface area contributed by atoms with Crippen LogP contribution >= 0.6 is 15.9 Å². The van der Waals surface area contributed by atoms with Gasteiger partial charge < -0.3 is 9.64 Å². The topological polar surface area (TPSA) is 70.2 Å². The average Bonchev–Trinajstić information content (AvgIpc) is 2.98. The van der Waals surface area contributed by atoms with Gasteiger partial charge in [0.2, 0.25) is 11.8 Å². The summed E-state index contributed by atoms with van der Waals surface area (Å²) in [6.07, 6.45) is 0.0251. The molecule has 0 aromatic heterocycles. The van der Waals surface area contributed by atoms with Crippen molar-refractivity contribution < 1.29 is 19.1 Å². The molecule has 1 aromatic rings. The normalized spacial score (nSPS) is 25.3. The molecule has 3 amide bonds. The SMILES string of the molecule is CC1(C)C(C(=O)N(CCN2CCOCC2)C2CC(=O)N(c3ccc(Br)cc3)C2=O)C1(C)C. The molecule has 2 aliphatic heterocycles. The Kier molecular flexibility index (Phi) is 6.24. The summed E-state index contributed by atoms with van der Waals surface area (Å²) in [7, 11) is 0. The summed E-state index contributed by atoms with van der Waals surface area (Å²) in [5.74, 6) is -0.758. The number of morpholine rings is 1. The highest BCUT2D eigenvalue weighted by Gasteiger charge is 2.69. The fourth-order valence-electron chi connectivity index (χ4n) is 5.19. The average molecular weight is 506 g/mol. The van der Waals surface area contributed by atoms with Gasteiger partial charge in [-0.1, -0.05) is 43.6 Å². The third-order valence-corrected chi connectivity index (χ3v) is 8.42. The lowest BCUT2D eigenvalue weighted by Crippen LogP contribution is -2.50. The van der Waals surface area contributed by atoms with E-state index in [1.54, 1.807) is 29.2 Å². The van der Waals surface area contributed by atoms with E-state index in [0.29, 0.717) is 32.0 Å². The number of anilines is 1. The molecular weight excluding hydrogens is 474 g/mol. The summed E-state index contributed by atoms with van der Waals surface area (Å²) in [6, 6.07) is 6.34. The quantitative estimate of drug-likeness (QED) is 0.555. The van der Waals surface area contributed by atoms with Crippen LogP contribution in [-0.4, -0.2) is 73.0 Å². The van der Waals surface area contributed by atoms with Crippen LogP contribution < -0.4 is 4.90 Å². The Bertz CT molecular complexity index is 894. The minimum atomic E-state index is -0.758. The molecule has 0 bridgehead atoms. The molecule has 3 aliphatic rings. The van der Waals surface area contributed by atoms with Gasteiger partial charge in [-0.05, 0) is 35.1 Å². The van der Waals surface area contributed by atoms with Crippen molar-refractivity contribution in [3.05, 3.63) is 28.7 Å². The van der Waals surface area contributed by atoms with Crippen molar-refractivity contribution >= 4 is 39.3 Å². The molecule has 1 aliphatic carbocycles. The zero-order valence-corrected chi connectivity index (χ0v) is 20.9. The largest absolute Gasteiger partial charge is 0.379 e. The number of imide groups is 1. The minimum absolute atomic E-state index is 0.0166. The molecule has 4 rings (SSSR count). The summed E-state index contributed by atoms with van der Waals surface area (Å²) in [4.78, 5) is 45.2. The van der Waals surface area contributed by atoms with E-state index in [1.165, 1.54) is 4.90 Å². The van der Waals surface area contributed by atoms with Crippen LogP contribution in [0, 0.1) is 16.7 Å². The maximum atomic E-state index is 13.7. The number of halogens is 1. The molecule has 0 N–H and O–H groups in total.